The Kier molecular flexibility index (Phi) is 5.35. The van der Waals surface area contributed by atoms with Crippen LogP contribution in [0.1, 0.15) is 11.1 Å². The van der Waals surface area contributed by atoms with E-state index in [-0.39, 0.29) is 6.03 Å². The van der Waals surface area contributed by atoms with Gasteiger partial charge in [0.1, 0.15) is 6.07 Å². The molecular weight excluding hydrogens is 330 g/mol. The molecule has 0 unspecified atom stereocenters. The first-order valence-electron chi connectivity index (χ1n) is 6.47. The van der Waals surface area contributed by atoms with E-state index in [1.165, 1.54) is 0 Å². The largest absolute Gasteiger partial charge is 0.338 e. The number of carbonyl (C=O) groups is 1. The number of urea groups is 1. The molecule has 0 aromatic heterocycles. The molecule has 2 aromatic rings. The molecule has 0 spiro atoms. The number of halogens is 1. The quantitative estimate of drug-likeness (QED) is 0.889. The summed E-state index contributed by atoms with van der Waals surface area (Å²) >= 11 is 3.41. The third-order valence-corrected chi connectivity index (χ3v) is 3.38. The molecule has 2 rings (SSSR count). The third kappa shape index (κ3) is 4.62. The van der Waals surface area contributed by atoms with E-state index < -0.39 is 0 Å². The number of rotatable bonds is 4. The summed E-state index contributed by atoms with van der Waals surface area (Å²) in [7, 11) is 0. The lowest BCUT2D eigenvalue weighted by molar-refractivity contribution is 0.252. The topological polar surface area (TPSA) is 64.9 Å². The van der Waals surface area contributed by atoms with Crippen LogP contribution in [0.25, 0.3) is 0 Å². The molecular formula is C16H14BrN3O. The summed E-state index contributed by atoms with van der Waals surface area (Å²) in [4.78, 5) is 11.8. The number of hydrogen-bond acceptors (Lipinski definition) is 2. The molecule has 5 heteroatoms. The summed E-state index contributed by atoms with van der Waals surface area (Å²) in [6.45, 7) is 0.525. The van der Waals surface area contributed by atoms with Crippen molar-refractivity contribution in [2.24, 2.45) is 0 Å². The highest BCUT2D eigenvalue weighted by atomic mass is 79.9. The van der Waals surface area contributed by atoms with Crippen LogP contribution in [0.2, 0.25) is 0 Å². The van der Waals surface area contributed by atoms with Gasteiger partial charge >= 0.3 is 6.03 Å². The molecule has 2 N–H and O–H groups in total. The molecule has 0 radical (unpaired) electrons. The Morgan fingerprint density at radius 1 is 1.19 bits per heavy atom. The van der Waals surface area contributed by atoms with E-state index >= 15 is 0 Å². The van der Waals surface area contributed by atoms with Crippen molar-refractivity contribution in [2.45, 2.75) is 6.42 Å². The molecule has 106 valence electrons. The van der Waals surface area contributed by atoms with Crippen LogP contribution in [-0.4, -0.2) is 12.6 Å². The van der Waals surface area contributed by atoms with Crippen LogP contribution < -0.4 is 10.6 Å². The number of carbonyl (C=O) groups excluding carboxylic acids is 1. The SMILES string of the molecule is N#Cc1ccccc1NC(=O)NCCc1cccc(Br)c1. The number of hydrogen-bond donors (Lipinski definition) is 2. The van der Waals surface area contributed by atoms with Crippen LogP contribution >= 0.6 is 15.9 Å². The molecule has 0 saturated carbocycles. The minimum Gasteiger partial charge on any atom is -0.338 e. The molecule has 0 aliphatic heterocycles. The summed E-state index contributed by atoms with van der Waals surface area (Å²) in [5, 5.41) is 14.4. The highest BCUT2D eigenvalue weighted by molar-refractivity contribution is 9.10. The molecule has 0 bridgehead atoms. The molecule has 0 saturated heterocycles. The van der Waals surface area contributed by atoms with E-state index in [1.54, 1.807) is 24.3 Å². The van der Waals surface area contributed by atoms with Gasteiger partial charge in [0.05, 0.1) is 11.3 Å². The lowest BCUT2D eigenvalue weighted by Gasteiger charge is -2.09. The van der Waals surface area contributed by atoms with Crippen LogP contribution in [0.5, 0.6) is 0 Å². The number of benzene rings is 2. The summed E-state index contributed by atoms with van der Waals surface area (Å²) in [6, 6.07) is 16.6. The van der Waals surface area contributed by atoms with Gasteiger partial charge in [-0.1, -0.05) is 40.2 Å². The standard InChI is InChI=1S/C16H14BrN3O/c17-14-6-3-4-12(10-14)8-9-19-16(21)20-15-7-2-1-5-13(15)11-18/h1-7,10H,8-9H2,(H2,19,20,21). The normalized spacial score (nSPS) is 9.71. The van der Waals surface area contributed by atoms with E-state index in [0.29, 0.717) is 17.8 Å². The number of para-hydroxylation sites is 1. The fourth-order valence-electron chi connectivity index (χ4n) is 1.87. The van der Waals surface area contributed by atoms with Gasteiger partial charge in [-0.05, 0) is 36.2 Å². The number of nitrogens with zero attached hydrogens (tertiary/aromatic N) is 1. The second-order valence-corrected chi connectivity index (χ2v) is 5.33. The smallest absolute Gasteiger partial charge is 0.319 e. The minimum absolute atomic E-state index is 0.312. The Hall–Kier alpha value is -2.32. The Morgan fingerprint density at radius 3 is 2.76 bits per heavy atom. The molecule has 0 aliphatic carbocycles. The third-order valence-electron chi connectivity index (χ3n) is 2.88. The molecule has 21 heavy (non-hydrogen) atoms. The number of amides is 2. The summed E-state index contributed by atoms with van der Waals surface area (Å²) in [6.07, 6.45) is 0.743. The maximum absolute atomic E-state index is 11.8. The predicted molar refractivity (Wildman–Crippen MR) is 86.0 cm³/mol. The molecule has 4 nitrogen and oxygen atoms in total. The molecule has 0 aliphatic rings. The lowest BCUT2D eigenvalue weighted by Crippen LogP contribution is -2.30. The first-order valence-corrected chi connectivity index (χ1v) is 7.27. The van der Waals surface area contributed by atoms with Crippen molar-refractivity contribution in [1.29, 1.82) is 5.26 Å². The lowest BCUT2D eigenvalue weighted by atomic mass is 10.1. The van der Waals surface area contributed by atoms with Crippen molar-refractivity contribution in [3.05, 3.63) is 64.1 Å². The molecule has 0 heterocycles. The highest BCUT2D eigenvalue weighted by Gasteiger charge is 2.05. The van der Waals surface area contributed by atoms with Crippen LogP contribution in [0, 0.1) is 11.3 Å². The van der Waals surface area contributed by atoms with E-state index in [2.05, 4.69) is 26.6 Å². The Bertz CT molecular complexity index is 679. The number of anilines is 1. The maximum Gasteiger partial charge on any atom is 0.319 e. The number of nitrogens with one attached hydrogen (secondary N) is 2. The molecule has 0 fully saturated rings. The first kappa shape index (κ1) is 15.1. The molecule has 2 aromatic carbocycles. The Morgan fingerprint density at radius 2 is 2.00 bits per heavy atom. The maximum atomic E-state index is 11.8. The van der Waals surface area contributed by atoms with E-state index in [4.69, 9.17) is 5.26 Å². The second-order valence-electron chi connectivity index (χ2n) is 4.42. The van der Waals surface area contributed by atoms with Gasteiger partial charge < -0.3 is 10.6 Å². The van der Waals surface area contributed by atoms with Gasteiger partial charge in [-0.15, -0.1) is 0 Å². The van der Waals surface area contributed by atoms with Crippen molar-refractivity contribution in [3.63, 3.8) is 0 Å². The minimum atomic E-state index is -0.312. The van der Waals surface area contributed by atoms with Crippen LogP contribution in [-0.2, 0) is 6.42 Å². The average molecular weight is 344 g/mol. The first-order chi connectivity index (χ1) is 10.2. The van der Waals surface area contributed by atoms with E-state index in [0.717, 1.165) is 16.5 Å². The van der Waals surface area contributed by atoms with Crippen LogP contribution in [0.3, 0.4) is 0 Å². The number of nitriles is 1. The summed E-state index contributed by atoms with van der Waals surface area (Å²) in [5.41, 5.74) is 2.10. The molecule has 0 atom stereocenters. The van der Waals surface area contributed by atoms with Gasteiger partial charge in [0, 0.05) is 11.0 Å². The van der Waals surface area contributed by atoms with E-state index in [1.807, 2.05) is 30.3 Å². The summed E-state index contributed by atoms with van der Waals surface area (Å²) in [5.74, 6) is 0. The van der Waals surface area contributed by atoms with Crippen molar-refractivity contribution in [2.75, 3.05) is 11.9 Å². The Labute approximate surface area is 131 Å². The van der Waals surface area contributed by atoms with Gasteiger partial charge in [-0.2, -0.15) is 5.26 Å². The average Bonchev–Trinajstić information content (AvgIpc) is 2.48. The van der Waals surface area contributed by atoms with Gasteiger partial charge in [-0.3, -0.25) is 0 Å². The van der Waals surface area contributed by atoms with Crippen molar-refractivity contribution in [1.82, 2.24) is 5.32 Å². The van der Waals surface area contributed by atoms with Gasteiger partial charge in [0.25, 0.3) is 0 Å². The fourth-order valence-corrected chi connectivity index (χ4v) is 2.32. The van der Waals surface area contributed by atoms with E-state index in [9.17, 15) is 4.79 Å². The zero-order chi connectivity index (χ0) is 15.1. The van der Waals surface area contributed by atoms with Crippen LogP contribution in [0.4, 0.5) is 10.5 Å². The van der Waals surface area contributed by atoms with Crippen molar-refractivity contribution >= 4 is 27.6 Å². The van der Waals surface area contributed by atoms with Crippen molar-refractivity contribution < 1.29 is 4.79 Å². The Balaban J connectivity index is 1.84. The zero-order valence-corrected chi connectivity index (χ0v) is 12.9. The molecule has 2 amide bonds. The monoisotopic (exact) mass is 343 g/mol. The summed E-state index contributed by atoms with van der Waals surface area (Å²) < 4.78 is 1.02. The highest BCUT2D eigenvalue weighted by Crippen LogP contribution is 2.13. The fraction of sp³-hybridized carbons (Fsp3) is 0.125. The van der Waals surface area contributed by atoms with Gasteiger partial charge in [0.15, 0.2) is 0 Å². The van der Waals surface area contributed by atoms with Crippen molar-refractivity contribution in [3.8, 4) is 6.07 Å². The van der Waals surface area contributed by atoms with Gasteiger partial charge in [0.2, 0.25) is 0 Å². The zero-order valence-electron chi connectivity index (χ0n) is 11.3. The van der Waals surface area contributed by atoms with Gasteiger partial charge in [-0.25, -0.2) is 4.79 Å². The second kappa shape index (κ2) is 7.46. The predicted octanol–water partition coefficient (Wildman–Crippen LogP) is 3.68. The van der Waals surface area contributed by atoms with Crippen LogP contribution in [0.15, 0.2) is 53.0 Å².